The molecule has 16 heteroatoms. The highest BCUT2D eigenvalue weighted by atomic mass is 79.9. The maximum atomic E-state index is 14.0. The van der Waals surface area contributed by atoms with Gasteiger partial charge in [0.25, 0.3) is 5.91 Å². The Bertz CT molecular complexity index is 1540. The average Bonchev–Trinajstić information content (AvgIpc) is 3.32. The van der Waals surface area contributed by atoms with Crippen molar-refractivity contribution in [3.63, 3.8) is 0 Å². The maximum absolute atomic E-state index is 14.0. The Balaban J connectivity index is 1.12. The summed E-state index contributed by atoms with van der Waals surface area (Å²) >= 11 is 4.69. The molecule has 2 aromatic rings. The molecule has 0 spiro atoms. The number of amides is 4. The van der Waals surface area contributed by atoms with Crippen LogP contribution < -0.4 is 11.1 Å². The number of benzene rings is 1. The molecule has 0 radical (unpaired) electrons. The van der Waals surface area contributed by atoms with Gasteiger partial charge in [-0.1, -0.05) is 0 Å². The zero-order valence-corrected chi connectivity index (χ0v) is 30.6. The van der Waals surface area contributed by atoms with Crippen molar-refractivity contribution in [1.29, 1.82) is 0 Å². The molecule has 1 atom stereocenters. The van der Waals surface area contributed by atoms with Crippen LogP contribution in [0.5, 0.6) is 0 Å². The van der Waals surface area contributed by atoms with Crippen molar-refractivity contribution in [2.75, 3.05) is 77.0 Å². The quantitative estimate of drug-likeness (QED) is 0.381. The van der Waals surface area contributed by atoms with Crippen molar-refractivity contribution in [2.24, 2.45) is 0 Å². The van der Waals surface area contributed by atoms with Crippen LogP contribution in [0.25, 0.3) is 0 Å². The van der Waals surface area contributed by atoms with Gasteiger partial charge >= 0.3 is 18.3 Å². The molecule has 0 saturated carbocycles. The molecule has 5 heterocycles. The number of urea groups is 1. The number of nitrogens with zero attached hydrogens (tertiary/aromatic N) is 5. The van der Waals surface area contributed by atoms with Crippen molar-refractivity contribution in [3.8, 4) is 0 Å². The van der Waals surface area contributed by atoms with Gasteiger partial charge in [0, 0.05) is 74.2 Å². The Hall–Kier alpha value is -3.08. The van der Waals surface area contributed by atoms with Crippen LogP contribution in [0.1, 0.15) is 48.8 Å². The molecule has 11 nitrogen and oxygen atoms in total. The van der Waals surface area contributed by atoms with Gasteiger partial charge in [0.1, 0.15) is 0 Å². The number of anilines is 2. The number of halogens is 4. The number of alkyl halides is 3. The number of piperidine rings is 2. The van der Waals surface area contributed by atoms with Gasteiger partial charge in [-0.2, -0.15) is 13.2 Å². The maximum Gasteiger partial charge on any atom is 0.418 e. The van der Waals surface area contributed by atoms with Crippen molar-refractivity contribution in [2.45, 2.75) is 69.3 Å². The molecule has 274 valence electrons. The number of hydrogen-bond acceptors (Lipinski definition) is 8. The van der Waals surface area contributed by atoms with E-state index in [1.54, 1.807) is 16.2 Å². The predicted molar refractivity (Wildman–Crippen MR) is 189 cm³/mol. The fraction of sp³-hybridized carbons (Fsp3) is 0.618. The van der Waals surface area contributed by atoms with E-state index >= 15 is 0 Å². The molecule has 4 aliphatic rings. The normalized spacial score (nSPS) is 21.3. The molecule has 3 N–H and O–H groups in total. The molecule has 4 amide bonds. The molecule has 0 aliphatic carbocycles. The number of carbonyl (C=O) groups excluding carboxylic acids is 3. The van der Waals surface area contributed by atoms with Crippen LogP contribution in [-0.4, -0.2) is 127 Å². The van der Waals surface area contributed by atoms with Crippen molar-refractivity contribution in [1.82, 2.24) is 24.5 Å². The van der Waals surface area contributed by atoms with Gasteiger partial charge in [-0.25, -0.2) is 9.59 Å². The Morgan fingerprint density at radius 3 is 2.40 bits per heavy atom. The molecule has 50 heavy (non-hydrogen) atoms. The summed E-state index contributed by atoms with van der Waals surface area (Å²) in [5, 5.41) is 6.96. The molecule has 3 fully saturated rings. The topological polar surface area (TPSA) is 115 Å². The van der Waals surface area contributed by atoms with Gasteiger partial charge in [0.2, 0.25) is 0 Å². The van der Waals surface area contributed by atoms with Gasteiger partial charge in [-0.15, -0.1) is 11.3 Å². The van der Waals surface area contributed by atoms with E-state index in [0.29, 0.717) is 51.6 Å². The third kappa shape index (κ3) is 8.51. The van der Waals surface area contributed by atoms with Crippen LogP contribution in [0.3, 0.4) is 0 Å². The Kier molecular flexibility index (Phi) is 11.5. The van der Waals surface area contributed by atoms with Gasteiger partial charge in [0.05, 0.1) is 16.9 Å². The van der Waals surface area contributed by atoms with E-state index in [0.717, 1.165) is 69.2 Å². The summed E-state index contributed by atoms with van der Waals surface area (Å²) in [7, 11) is 2.12. The van der Waals surface area contributed by atoms with E-state index in [2.05, 4.69) is 38.1 Å². The zero-order valence-electron chi connectivity index (χ0n) is 28.2. The Labute approximate surface area is 303 Å². The van der Waals surface area contributed by atoms with Crippen LogP contribution in [0.4, 0.5) is 34.1 Å². The highest BCUT2D eigenvalue weighted by Gasteiger charge is 2.38. The lowest BCUT2D eigenvalue weighted by atomic mass is 9.99. The second kappa shape index (κ2) is 15.7. The molecule has 6 rings (SSSR count). The third-order valence-corrected chi connectivity index (χ3v) is 12.0. The lowest BCUT2D eigenvalue weighted by molar-refractivity contribution is -0.142. The molecular formula is C34H45BrF3N7O4S. The summed E-state index contributed by atoms with van der Waals surface area (Å²) in [6.07, 6.45) is -2.52. The summed E-state index contributed by atoms with van der Waals surface area (Å²) in [5.41, 5.74) is 6.41. The van der Waals surface area contributed by atoms with Crippen LogP contribution in [-0.2, 0) is 28.5 Å². The summed E-state index contributed by atoms with van der Waals surface area (Å²) in [4.78, 5) is 50.5. The standard InChI is InChI=1S/C34H45BrF3N7O4S/c1-41-8-2-9-42(16-15-41)24-4-10-43(11-5-24)31(46)29(19-22-17-26(34(36,37)38)30(39)27(35)18-22)49-33(48)44-12-6-25(7-13-44)45-14-3-23-20-50-21-28(23)40-32(45)47/h17-18,20-21,24-25,29H,2-16,19,39H2,1H3,(H,40,47)/t29-/m1/s1. The van der Waals surface area contributed by atoms with Gasteiger partial charge in [-0.05, 0) is 103 Å². The number of likely N-dealkylation sites (tertiary alicyclic amines) is 2. The van der Waals surface area contributed by atoms with Crippen molar-refractivity contribution in [3.05, 3.63) is 44.1 Å². The van der Waals surface area contributed by atoms with Crippen LogP contribution in [0, 0.1) is 0 Å². The first-order valence-electron chi connectivity index (χ1n) is 17.3. The average molecular weight is 785 g/mol. The summed E-state index contributed by atoms with van der Waals surface area (Å²) in [6.45, 7) is 6.17. The van der Waals surface area contributed by atoms with Gasteiger partial charge in [-0.3, -0.25) is 9.69 Å². The molecule has 0 bridgehead atoms. The molecule has 0 unspecified atom stereocenters. The second-order valence-electron chi connectivity index (χ2n) is 13.8. The number of nitrogens with two attached hydrogens (primary N) is 1. The van der Waals surface area contributed by atoms with E-state index in [1.807, 2.05) is 15.7 Å². The van der Waals surface area contributed by atoms with E-state index in [9.17, 15) is 27.6 Å². The first-order valence-corrected chi connectivity index (χ1v) is 19.1. The highest BCUT2D eigenvalue weighted by molar-refractivity contribution is 9.10. The number of likely N-dealkylation sites (N-methyl/N-ethyl adjacent to an activating group) is 1. The van der Waals surface area contributed by atoms with E-state index in [1.165, 1.54) is 11.0 Å². The fourth-order valence-corrected chi connectivity index (χ4v) is 8.90. The summed E-state index contributed by atoms with van der Waals surface area (Å²) < 4.78 is 47.5. The van der Waals surface area contributed by atoms with Crippen LogP contribution in [0.2, 0.25) is 0 Å². The number of nitrogens with one attached hydrogen (secondary N) is 1. The lowest BCUT2D eigenvalue weighted by Crippen LogP contribution is -2.53. The monoisotopic (exact) mass is 783 g/mol. The minimum atomic E-state index is -4.71. The lowest BCUT2D eigenvalue weighted by Gasteiger charge is -2.40. The smallest absolute Gasteiger partial charge is 0.418 e. The summed E-state index contributed by atoms with van der Waals surface area (Å²) in [6, 6.07) is 2.48. The van der Waals surface area contributed by atoms with Gasteiger partial charge in [0.15, 0.2) is 6.10 Å². The number of hydrogen-bond donors (Lipinski definition) is 2. The molecule has 4 aliphatic heterocycles. The highest BCUT2D eigenvalue weighted by Crippen LogP contribution is 2.38. The zero-order chi connectivity index (χ0) is 35.6. The fourth-order valence-electron chi connectivity index (χ4n) is 7.57. The van der Waals surface area contributed by atoms with Crippen LogP contribution >= 0.6 is 27.3 Å². The molecular weight excluding hydrogens is 739 g/mol. The molecule has 1 aromatic heterocycles. The van der Waals surface area contributed by atoms with Crippen molar-refractivity contribution < 1.29 is 32.3 Å². The number of carbonyl (C=O) groups is 3. The van der Waals surface area contributed by atoms with Crippen molar-refractivity contribution >= 4 is 56.7 Å². The predicted octanol–water partition coefficient (Wildman–Crippen LogP) is 5.34. The van der Waals surface area contributed by atoms with E-state index in [-0.39, 0.29) is 28.5 Å². The summed E-state index contributed by atoms with van der Waals surface area (Å²) in [5.74, 6) is -0.419. The number of thiophene rings is 1. The number of rotatable bonds is 6. The minimum Gasteiger partial charge on any atom is -0.436 e. The Morgan fingerprint density at radius 2 is 1.68 bits per heavy atom. The van der Waals surface area contributed by atoms with E-state index < -0.39 is 35.5 Å². The number of nitrogen functional groups attached to an aromatic ring is 1. The minimum absolute atomic E-state index is 0.0540. The Morgan fingerprint density at radius 1 is 0.980 bits per heavy atom. The second-order valence-corrected chi connectivity index (χ2v) is 15.4. The molecule has 1 aromatic carbocycles. The van der Waals surface area contributed by atoms with Crippen LogP contribution in [0.15, 0.2) is 27.4 Å². The SMILES string of the molecule is CN1CCCN(C2CCN(C(=O)[C@@H](Cc3cc(Br)c(N)c(C(F)(F)F)c3)OC(=O)N3CCC(N4CCc5cscc5NC4=O)CC3)CC2)CC1. The first kappa shape index (κ1) is 36.7. The number of ether oxygens (including phenoxy) is 1. The first-order chi connectivity index (χ1) is 23.9. The molecule has 3 saturated heterocycles. The van der Waals surface area contributed by atoms with Gasteiger partial charge < -0.3 is 35.4 Å². The largest absolute Gasteiger partial charge is 0.436 e. The number of fused-ring (bicyclic) bond motifs is 1. The van der Waals surface area contributed by atoms with E-state index in [4.69, 9.17) is 10.5 Å². The third-order valence-electron chi connectivity index (χ3n) is 10.5.